The summed E-state index contributed by atoms with van der Waals surface area (Å²) in [4.78, 5) is 14.9. The molecule has 1 aromatic carbocycles. The van der Waals surface area contributed by atoms with E-state index in [9.17, 15) is 4.79 Å². The standard InChI is InChI=1S/C20H31N3O/c1-15(16-7-9-22-10-8-16)11-20(24)23-13-18(12-21)19(14-23)17-5-3-2-4-6-17/h2-6,15-16,18-19,22H,7-14,21H2,1H3/t15?,18-,19+/m1/s1. The lowest BCUT2D eigenvalue weighted by molar-refractivity contribution is -0.131. The average molecular weight is 329 g/mol. The molecule has 1 amide bonds. The van der Waals surface area contributed by atoms with Gasteiger partial charge in [0.2, 0.25) is 5.91 Å². The van der Waals surface area contributed by atoms with Gasteiger partial charge in [0, 0.05) is 25.4 Å². The number of nitrogens with two attached hydrogens (primary N) is 1. The van der Waals surface area contributed by atoms with Crippen molar-refractivity contribution in [1.29, 1.82) is 0 Å². The van der Waals surface area contributed by atoms with Gasteiger partial charge < -0.3 is 16.0 Å². The Morgan fingerprint density at radius 1 is 1.25 bits per heavy atom. The maximum Gasteiger partial charge on any atom is 0.222 e. The van der Waals surface area contributed by atoms with Crippen molar-refractivity contribution in [1.82, 2.24) is 10.2 Å². The quantitative estimate of drug-likeness (QED) is 0.871. The Bertz CT molecular complexity index is 527. The molecule has 3 N–H and O–H groups in total. The first-order chi connectivity index (χ1) is 11.7. The number of rotatable bonds is 5. The molecule has 1 aromatic rings. The summed E-state index contributed by atoms with van der Waals surface area (Å²) < 4.78 is 0. The summed E-state index contributed by atoms with van der Waals surface area (Å²) in [6.07, 6.45) is 3.09. The van der Waals surface area contributed by atoms with Gasteiger partial charge in [-0.25, -0.2) is 0 Å². The van der Waals surface area contributed by atoms with Gasteiger partial charge in [0.1, 0.15) is 0 Å². The summed E-state index contributed by atoms with van der Waals surface area (Å²) in [5.41, 5.74) is 7.31. The summed E-state index contributed by atoms with van der Waals surface area (Å²) in [5, 5.41) is 3.41. The van der Waals surface area contributed by atoms with Crippen LogP contribution in [0.15, 0.2) is 30.3 Å². The topological polar surface area (TPSA) is 58.4 Å². The molecule has 2 aliphatic rings. The second kappa shape index (κ2) is 8.13. The molecule has 4 heteroatoms. The summed E-state index contributed by atoms with van der Waals surface area (Å²) in [7, 11) is 0. The van der Waals surface area contributed by atoms with E-state index in [1.807, 2.05) is 6.07 Å². The molecule has 2 heterocycles. The summed E-state index contributed by atoms with van der Waals surface area (Å²) in [5.74, 6) is 2.25. The van der Waals surface area contributed by atoms with Crippen molar-refractivity contribution < 1.29 is 4.79 Å². The van der Waals surface area contributed by atoms with Crippen LogP contribution in [0.3, 0.4) is 0 Å². The Balaban J connectivity index is 1.59. The molecule has 3 rings (SSSR count). The van der Waals surface area contributed by atoms with E-state index in [4.69, 9.17) is 5.73 Å². The fourth-order valence-electron chi connectivity index (χ4n) is 4.38. The van der Waals surface area contributed by atoms with Crippen molar-refractivity contribution in [2.45, 2.75) is 32.1 Å². The van der Waals surface area contributed by atoms with Crippen molar-refractivity contribution in [3.8, 4) is 0 Å². The Hall–Kier alpha value is -1.39. The van der Waals surface area contributed by atoms with Gasteiger partial charge in [-0.1, -0.05) is 37.3 Å². The Morgan fingerprint density at radius 2 is 1.96 bits per heavy atom. The van der Waals surface area contributed by atoms with Gasteiger partial charge in [-0.15, -0.1) is 0 Å². The Kier molecular flexibility index (Phi) is 5.90. The fourth-order valence-corrected chi connectivity index (χ4v) is 4.38. The predicted molar refractivity (Wildman–Crippen MR) is 97.7 cm³/mol. The van der Waals surface area contributed by atoms with Gasteiger partial charge >= 0.3 is 0 Å². The molecule has 2 saturated heterocycles. The van der Waals surface area contributed by atoms with Crippen LogP contribution in [0, 0.1) is 17.8 Å². The largest absolute Gasteiger partial charge is 0.342 e. The van der Waals surface area contributed by atoms with Gasteiger partial charge in [-0.2, -0.15) is 0 Å². The van der Waals surface area contributed by atoms with Crippen LogP contribution >= 0.6 is 0 Å². The molecule has 0 aliphatic carbocycles. The number of nitrogens with one attached hydrogen (secondary N) is 1. The molecule has 2 fully saturated rings. The SMILES string of the molecule is CC(CC(=O)N1C[C@@H](CN)[C@H](c2ccccc2)C1)C1CCNCC1. The first-order valence-corrected chi connectivity index (χ1v) is 9.42. The number of piperidine rings is 1. The van der Waals surface area contributed by atoms with Crippen molar-refractivity contribution in [2.24, 2.45) is 23.5 Å². The Labute approximate surface area is 145 Å². The first-order valence-electron chi connectivity index (χ1n) is 9.42. The van der Waals surface area contributed by atoms with Crippen molar-refractivity contribution in [2.75, 3.05) is 32.7 Å². The highest BCUT2D eigenvalue weighted by molar-refractivity contribution is 5.77. The monoisotopic (exact) mass is 329 g/mol. The molecule has 0 bridgehead atoms. The van der Waals surface area contributed by atoms with Crippen LogP contribution in [0.4, 0.5) is 0 Å². The number of hydrogen-bond donors (Lipinski definition) is 2. The second-order valence-corrected chi connectivity index (χ2v) is 7.58. The van der Waals surface area contributed by atoms with E-state index < -0.39 is 0 Å². The predicted octanol–water partition coefficient (Wildman–Crippen LogP) is 2.21. The smallest absolute Gasteiger partial charge is 0.222 e. The highest BCUT2D eigenvalue weighted by atomic mass is 16.2. The molecule has 0 aromatic heterocycles. The van der Waals surface area contributed by atoms with Gasteiger partial charge in [0.05, 0.1) is 0 Å². The van der Waals surface area contributed by atoms with Crippen molar-refractivity contribution in [3.05, 3.63) is 35.9 Å². The number of likely N-dealkylation sites (tertiary alicyclic amines) is 1. The van der Waals surface area contributed by atoms with Crippen LogP contribution in [0.1, 0.15) is 37.7 Å². The number of nitrogens with zero attached hydrogens (tertiary/aromatic N) is 1. The lowest BCUT2D eigenvalue weighted by Gasteiger charge is -2.29. The van der Waals surface area contributed by atoms with Gasteiger partial charge in [0.25, 0.3) is 0 Å². The highest BCUT2D eigenvalue weighted by Crippen LogP contribution is 2.33. The third kappa shape index (κ3) is 3.98. The van der Waals surface area contributed by atoms with Gasteiger partial charge in [-0.05, 0) is 55.8 Å². The van der Waals surface area contributed by atoms with E-state index in [2.05, 4.69) is 41.4 Å². The summed E-state index contributed by atoms with van der Waals surface area (Å²) in [6.45, 7) is 6.72. The third-order valence-corrected chi connectivity index (χ3v) is 6.01. The van der Waals surface area contributed by atoms with E-state index in [1.54, 1.807) is 0 Å². The number of amides is 1. The lowest BCUT2D eigenvalue weighted by Crippen LogP contribution is -2.35. The van der Waals surface area contributed by atoms with E-state index in [0.717, 1.165) is 26.2 Å². The minimum Gasteiger partial charge on any atom is -0.342 e. The van der Waals surface area contributed by atoms with E-state index >= 15 is 0 Å². The van der Waals surface area contributed by atoms with E-state index in [0.29, 0.717) is 42.5 Å². The number of carbonyl (C=O) groups excluding carboxylic acids is 1. The van der Waals surface area contributed by atoms with Crippen LogP contribution in [0.2, 0.25) is 0 Å². The number of benzene rings is 1. The van der Waals surface area contributed by atoms with Gasteiger partial charge in [0.15, 0.2) is 0 Å². The van der Waals surface area contributed by atoms with Crippen LogP contribution in [0.25, 0.3) is 0 Å². The second-order valence-electron chi connectivity index (χ2n) is 7.58. The summed E-state index contributed by atoms with van der Waals surface area (Å²) in [6, 6.07) is 10.5. The maximum absolute atomic E-state index is 12.8. The lowest BCUT2D eigenvalue weighted by atomic mass is 9.84. The van der Waals surface area contributed by atoms with E-state index in [1.165, 1.54) is 18.4 Å². The van der Waals surface area contributed by atoms with Crippen LogP contribution < -0.4 is 11.1 Å². The molecule has 0 saturated carbocycles. The zero-order valence-electron chi connectivity index (χ0n) is 14.8. The minimum atomic E-state index is 0.318. The van der Waals surface area contributed by atoms with Gasteiger partial charge in [-0.3, -0.25) is 4.79 Å². The Morgan fingerprint density at radius 3 is 2.62 bits per heavy atom. The number of hydrogen-bond acceptors (Lipinski definition) is 3. The molecule has 0 spiro atoms. The molecule has 24 heavy (non-hydrogen) atoms. The molecule has 0 radical (unpaired) electrons. The molecule has 3 atom stereocenters. The zero-order valence-corrected chi connectivity index (χ0v) is 14.8. The first kappa shape index (κ1) is 17.4. The third-order valence-electron chi connectivity index (χ3n) is 6.01. The molecule has 1 unspecified atom stereocenters. The van der Waals surface area contributed by atoms with Crippen molar-refractivity contribution >= 4 is 5.91 Å². The highest BCUT2D eigenvalue weighted by Gasteiger charge is 2.36. The minimum absolute atomic E-state index is 0.318. The molecule has 132 valence electrons. The normalized spacial score (nSPS) is 26.5. The maximum atomic E-state index is 12.8. The molecular weight excluding hydrogens is 298 g/mol. The average Bonchev–Trinajstić information content (AvgIpc) is 3.08. The summed E-state index contributed by atoms with van der Waals surface area (Å²) >= 11 is 0. The number of carbonyl (C=O) groups is 1. The zero-order chi connectivity index (χ0) is 16.9. The van der Waals surface area contributed by atoms with Crippen LogP contribution in [-0.4, -0.2) is 43.5 Å². The van der Waals surface area contributed by atoms with Crippen molar-refractivity contribution in [3.63, 3.8) is 0 Å². The molecule has 4 nitrogen and oxygen atoms in total. The van der Waals surface area contributed by atoms with E-state index in [-0.39, 0.29) is 0 Å². The van der Waals surface area contributed by atoms with Crippen LogP contribution in [-0.2, 0) is 4.79 Å². The molecule has 2 aliphatic heterocycles. The van der Waals surface area contributed by atoms with Crippen LogP contribution in [0.5, 0.6) is 0 Å². The molecular formula is C20H31N3O. The fraction of sp³-hybridized carbons (Fsp3) is 0.650.